The van der Waals surface area contributed by atoms with Gasteiger partial charge in [0.2, 0.25) is 0 Å². The summed E-state index contributed by atoms with van der Waals surface area (Å²) in [6, 6.07) is 1.99. The molecule has 0 aliphatic heterocycles. The Morgan fingerprint density at radius 2 is 2.12 bits per heavy atom. The zero-order valence-corrected chi connectivity index (χ0v) is 7.85. The Hall–Kier alpha value is -2.06. The highest BCUT2D eigenvalue weighted by Gasteiger charge is 2.27. The standard InChI is InChI=1S/C8H8N2O6/c11-6(7(12)8(13)14)5-3-4(10(15)16)1-2-9-5/h1-3,6-7,11-12H,(H,13,14). The largest absolute Gasteiger partial charge is 0.479 e. The van der Waals surface area contributed by atoms with Crippen LogP contribution in [0, 0.1) is 10.1 Å². The van der Waals surface area contributed by atoms with Crippen LogP contribution in [0.3, 0.4) is 0 Å². The topological polar surface area (TPSA) is 134 Å². The second-order valence-corrected chi connectivity index (χ2v) is 2.92. The minimum Gasteiger partial charge on any atom is -0.479 e. The molecule has 8 heteroatoms. The fourth-order valence-electron chi connectivity index (χ4n) is 1.01. The molecule has 0 bridgehead atoms. The van der Waals surface area contributed by atoms with Crippen LogP contribution in [0.5, 0.6) is 0 Å². The number of pyridine rings is 1. The van der Waals surface area contributed by atoms with Gasteiger partial charge in [-0.05, 0) is 0 Å². The van der Waals surface area contributed by atoms with Gasteiger partial charge in [-0.25, -0.2) is 4.79 Å². The molecular formula is C8H8N2O6. The van der Waals surface area contributed by atoms with Crippen molar-refractivity contribution < 1.29 is 25.0 Å². The van der Waals surface area contributed by atoms with Crippen molar-refractivity contribution in [3.63, 3.8) is 0 Å². The second kappa shape index (κ2) is 4.64. The first kappa shape index (κ1) is 12.0. The monoisotopic (exact) mass is 228 g/mol. The fourth-order valence-corrected chi connectivity index (χ4v) is 1.01. The molecule has 8 nitrogen and oxygen atoms in total. The van der Waals surface area contributed by atoms with Crippen LogP contribution in [0.4, 0.5) is 5.69 Å². The molecule has 0 amide bonds. The average Bonchev–Trinajstić information content (AvgIpc) is 2.27. The number of hydrogen-bond acceptors (Lipinski definition) is 6. The zero-order chi connectivity index (χ0) is 12.3. The van der Waals surface area contributed by atoms with Crippen LogP contribution in [0.1, 0.15) is 11.8 Å². The predicted molar refractivity (Wildman–Crippen MR) is 49.5 cm³/mol. The summed E-state index contributed by atoms with van der Waals surface area (Å²) in [5.41, 5.74) is -0.620. The average molecular weight is 228 g/mol. The Bertz CT molecular complexity index is 421. The first-order valence-electron chi connectivity index (χ1n) is 4.12. The maximum atomic E-state index is 10.4. The SMILES string of the molecule is O=C(O)C(O)C(O)c1cc([N+](=O)[O-])ccn1. The predicted octanol–water partition coefficient (Wildman–Crippen LogP) is -0.531. The van der Waals surface area contributed by atoms with Gasteiger partial charge >= 0.3 is 5.97 Å². The Labute approximate surface area is 88.9 Å². The molecule has 0 saturated carbocycles. The molecule has 1 rings (SSSR count). The number of nitro groups is 1. The maximum Gasteiger partial charge on any atom is 0.335 e. The number of aromatic nitrogens is 1. The Kier molecular flexibility index (Phi) is 3.48. The molecule has 2 atom stereocenters. The van der Waals surface area contributed by atoms with Crippen molar-refractivity contribution in [2.24, 2.45) is 0 Å². The van der Waals surface area contributed by atoms with Gasteiger partial charge in [0.25, 0.3) is 5.69 Å². The fraction of sp³-hybridized carbons (Fsp3) is 0.250. The number of carboxylic acid groups (broad SMARTS) is 1. The number of rotatable bonds is 4. The van der Waals surface area contributed by atoms with E-state index in [0.717, 1.165) is 18.3 Å². The van der Waals surface area contributed by atoms with E-state index < -0.39 is 23.1 Å². The minimum absolute atomic E-state index is 0.274. The lowest BCUT2D eigenvalue weighted by Gasteiger charge is -2.12. The van der Waals surface area contributed by atoms with Crippen LogP contribution < -0.4 is 0 Å². The first-order valence-corrected chi connectivity index (χ1v) is 4.12. The van der Waals surface area contributed by atoms with E-state index in [1.165, 1.54) is 0 Å². The van der Waals surface area contributed by atoms with Gasteiger partial charge in [0.15, 0.2) is 6.10 Å². The summed E-state index contributed by atoms with van der Waals surface area (Å²) in [7, 11) is 0. The smallest absolute Gasteiger partial charge is 0.335 e. The molecule has 0 spiro atoms. The van der Waals surface area contributed by atoms with E-state index in [9.17, 15) is 20.0 Å². The summed E-state index contributed by atoms with van der Waals surface area (Å²) in [6.45, 7) is 0. The first-order chi connectivity index (χ1) is 7.43. The van der Waals surface area contributed by atoms with Crippen molar-refractivity contribution >= 4 is 11.7 Å². The van der Waals surface area contributed by atoms with Crippen molar-refractivity contribution in [3.8, 4) is 0 Å². The molecule has 86 valence electrons. The number of nitrogens with zero attached hydrogens (tertiary/aromatic N) is 2. The summed E-state index contributed by atoms with van der Waals surface area (Å²) in [5.74, 6) is -1.64. The summed E-state index contributed by atoms with van der Waals surface area (Å²) < 4.78 is 0. The molecule has 16 heavy (non-hydrogen) atoms. The highest BCUT2D eigenvalue weighted by atomic mass is 16.6. The molecule has 3 N–H and O–H groups in total. The van der Waals surface area contributed by atoms with Crippen molar-refractivity contribution in [1.29, 1.82) is 0 Å². The third kappa shape index (κ3) is 2.49. The quantitative estimate of drug-likeness (QED) is 0.465. The summed E-state index contributed by atoms with van der Waals surface area (Å²) >= 11 is 0. The second-order valence-electron chi connectivity index (χ2n) is 2.92. The molecule has 1 aromatic rings. The molecule has 1 aromatic heterocycles. The van der Waals surface area contributed by atoms with Crippen molar-refractivity contribution in [1.82, 2.24) is 4.98 Å². The van der Waals surface area contributed by atoms with Crippen LogP contribution in [-0.2, 0) is 4.79 Å². The Morgan fingerprint density at radius 1 is 1.50 bits per heavy atom. The summed E-state index contributed by atoms with van der Waals surface area (Å²) in [4.78, 5) is 23.6. The Balaban J connectivity index is 3.00. The summed E-state index contributed by atoms with van der Waals surface area (Å²) in [6.07, 6.45) is -2.84. The lowest BCUT2D eigenvalue weighted by molar-refractivity contribution is -0.385. The zero-order valence-electron chi connectivity index (χ0n) is 7.85. The van der Waals surface area contributed by atoms with Crippen LogP contribution >= 0.6 is 0 Å². The van der Waals surface area contributed by atoms with Gasteiger partial charge in [-0.3, -0.25) is 15.1 Å². The van der Waals surface area contributed by atoms with Crippen LogP contribution in [0.2, 0.25) is 0 Å². The van der Waals surface area contributed by atoms with E-state index in [1.807, 2.05) is 0 Å². The number of aliphatic carboxylic acids is 1. The molecule has 0 aliphatic rings. The lowest BCUT2D eigenvalue weighted by Crippen LogP contribution is -2.28. The molecule has 0 aromatic carbocycles. The van der Waals surface area contributed by atoms with E-state index in [1.54, 1.807) is 0 Å². The van der Waals surface area contributed by atoms with Gasteiger partial charge in [0, 0.05) is 18.3 Å². The number of carbonyl (C=O) groups is 1. The lowest BCUT2D eigenvalue weighted by atomic mass is 10.1. The molecule has 0 saturated heterocycles. The van der Waals surface area contributed by atoms with E-state index in [0.29, 0.717) is 0 Å². The molecule has 1 heterocycles. The van der Waals surface area contributed by atoms with E-state index in [-0.39, 0.29) is 11.4 Å². The van der Waals surface area contributed by atoms with Crippen LogP contribution in [0.15, 0.2) is 18.3 Å². The molecule has 0 aliphatic carbocycles. The van der Waals surface area contributed by atoms with Gasteiger partial charge in [0.05, 0.1) is 10.6 Å². The van der Waals surface area contributed by atoms with Gasteiger partial charge in [0.1, 0.15) is 6.10 Å². The maximum absolute atomic E-state index is 10.4. The number of aliphatic hydroxyl groups is 2. The van der Waals surface area contributed by atoms with Crippen molar-refractivity contribution in [3.05, 3.63) is 34.1 Å². The van der Waals surface area contributed by atoms with Gasteiger partial charge in [-0.15, -0.1) is 0 Å². The van der Waals surface area contributed by atoms with Crippen molar-refractivity contribution in [2.75, 3.05) is 0 Å². The molecular weight excluding hydrogens is 220 g/mol. The van der Waals surface area contributed by atoms with Gasteiger partial charge in [-0.1, -0.05) is 0 Å². The third-order valence-corrected chi connectivity index (χ3v) is 1.83. The van der Waals surface area contributed by atoms with Gasteiger partial charge < -0.3 is 15.3 Å². The molecule has 2 unspecified atom stereocenters. The number of aliphatic hydroxyl groups excluding tert-OH is 2. The highest BCUT2D eigenvalue weighted by Crippen LogP contribution is 2.19. The summed E-state index contributed by atoms with van der Waals surface area (Å²) in [5, 5.41) is 37.2. The highest BCUT2D eigenvalue weighted by molar-refractivity contribution is 5.72. The molecule has 0 radical (unpaired) electrons. The Morgan fingerprint density at radius 3 is 2.62 bits per heavy atom. The van der Waals surface area contributed by atoms with E-state index in [2.05, 4.69) is 4.98 Å². The molecule has 0 fully saturated rings. The van der Waals surface area contributed by atoms with Crippen molar-refractivity contribution in [2.45, 2.75) is 12.2 Å². The number of hydrogen-bond donors (Lipinski definition) is 3. The minimum atomic E-state index is -2.07. The van der Waals surface area contributed by atoms with Crippen LogP contribution in [0.25, 0.3) is 0 Å². The third-order valence-electron chi connectivity index (χ3n) is 1.83. The normalized spacial score (nSPS) is 14.1. The van der Waals surface area contributed by atoms with E-state index in [4.69, 9.17) is 10.2 Å². The van der Waals surface area contributed by atoms with Crippen LogP contribution in [-0.4, -0.2) is 37.3 Å². The van der Waals surface area contributed by atoms with E-state index >= 15 is 0 Å². The van der Waals surface area contributed by atoms with Gasteiger partial charge in [-0.2, -0.15) is 0 Å². The number of carboxylic acids is 1.